The number of anilines is 2. The third-order valence-corrected chi connectivity index (χ3v) is 11.1. The number of fused-ring (bicyclic) bond motifs is 6. The number of nitrogens with zero attached hydrogens (tertiary/aromatic N) is 3. The Bertz CT molecular complexity index is 2890. The lowest BCUT2D eigenvalue weighted by Crippen LogP contribution is -2.27. The number of aromatic nitrogens is 1. The molecule has 7 aromatic carbocycles. The predicted molar refractivity (Wildman–Crippen MR) is 252 cm³/mol. The molecule has 0 radical (unpaired) electrons. The first-order chi connectivity index (χ1) is 28.8. The van der Waals surface area contributed by atoms with Crippen molar-refractivity contribution in [1.29, 1.82) is 0 Å². The van der Waals surface area contributed by atoms with E-state index in [0.717, 1.165) is 56.0 Å². The van der Waals surface area contributed by atoms with E-state index in [-0.39, 0.29) is 5.41 Å². The van der Waals surface area contributed by atoms with E-state index in [1.165, 1.54) is 27.4 Å². The molecule has 0 amide bonds. The molecule has 5 heteroatoms. The molecule has 0 bridgehead atoms. The zero-order chi connectivity index (χ0) is 40.9. The zero-order valence-corrected chi connectivity index (χ0v) is 34.2. The standard InChI is InChI=1S/C50H41N5.C4H8/c1-4-34-31-41-40-25-11-14-28-44(40)55(47(41)45-46(34)53-43-27-13-12-26-42(43)50(45,2)3)39-24-16-22-37(30-39)36-21-15-23-38(29-36)48(51)54-49(35-19-9-6-10-20-35)52-32-33-17-7-5-8-18-33;1-3-4-2/h4-31,53H,1,32H2,2-3H3,(H2,51,52,54);3-4H,1-2H3/b;4-3-. The molecule has 1 aliphatic rings. The van der Waals surface area contributed by atoms with Gasteiger partial charge in [0.15, 0.2) is 5.84 Å². The Morgan fingerprint density at radius 2 is 1.34 bits per heavy atom. The number of hydrogen-bond donors (Lipinski definition) is 2. The van der Waals surface area contributed by atoms with Crippen LogP contribution in [0.2, 0.25) is 0 Å². The number of rotatable bonds is 7. The zero-order valence-electron chi connectivity index (χ0n) is 34.2. The first-order valence-electron chi connectivity index (χ1n) is 20.2. The molecule has 5 nitrogen and oxygen atoms in total. The van der Waals surface area contributed by atoms with E-state index < -0.39 is 0 Å². The lowest BCUT2D eigenvalue weighted by atomic mass is 9.72. The van der Waals surface area contributed by atoms with E-state index in [1.54, 1.807) is 0 Å². The number of hydrogen-bond acceptors (Lipinski definition) is 2. The normalized spacial score (nSPS) is 13.4. The summed E-state index contributed by atoms with van der Waals surface area (Å²) in [5.41, 5.74) is 20.8. The second-order valence-electron chi connectivity index (χ2n) is 15.3. The minimum absolute atomic E-state index is 0.285. The monoisotopic (exact) mass is 767 g/mol. The van der Waals surface area contributed by atoms with Gasteiger partial charge in [-0.1, -0.05) is 166 Å². The average Bonchev–Trinajstić information content (AvgIpc) is 3.61. The molecule has 0 atom stereocenters. The van der Waals surface area contributed by atoms with E-state index in [4.69, 9.17) is 15.7 Å². The Balaban J connectivity index is 0.00000116. The SMILES string of the molecule is C/C=C\C.C=Cc1cc2c3ccccc3n(-c3cccc(-c4cccc(C(N)=NC(=NCc5ccccc5)c5ccccc5)c4)c3)c2c2c1Nc1ccccc1C2(C)C. The Hall–Kier alpha value is -7.24. The number of allylic oxidation sites excluding steroid dienone is 2. The highest BCUT2D eigenvalue weighted by atomic mass is 15.0. The molecule has 59 heavy (non-hydrogen) atoms. The van der Waals surface area contributed by atoms with Crippen molar-refractivity contribution in [2.45, 2.75) is 39.7 Å². The van der Waals surface area contributed by atoms with Gasteiger partial charge in [0.25, 0.3) is 0 Å². The minimum Gasteiger partial charge on any atom is -0.383 e. The number of nitrogens with one attached hydrogen (secondary N) is 1. The molecule has 0 spiro atoms. The Kier molecular flexibility index (Phi) is 10.9. The van der Waals surface area contributed by atoms with Crippen molar-refractivity contribution in [1.82, 2.24) is 4.57 Å². The van der Waals surface area contributed by atoms with Crippen molar-refractivity contribution in [2.75, 3.05) is 5.32 Å². The number of nitrogens with two attached hydrogens (primary N) is 1. The summed E-state index contributed by atoms with van der Waals surface area (Å²) >= 11 is 0. The van der Waals surface area contributed by atoms with Gasteiger partial charge in [0.1, 0.15) is 5.84 Å². The average molecular weight is 768 g/mol. The maximum Gasteiger partial charge on any atom is 0.157 e. The van der Waals surface area contributed by atoms with Crippen LogP contribution in [0, 0.1) is 0 Å². The highest BCUT2D eigenvalue weighted by molar-refractivity contribution is 6.14. The molecule has 3 N–H and O–H groups in total. The third kappa shape index (κ3) is 7.51. The van der Waals surface area contributed by atoms with Crippen LogP contribution in [0.25, 0.3) is 44.7 Å². The number of amidine groups is 2. The topological polar surface area (TPSA) is 67.7 Å². The minimum atomic E-state index is -0.285. The molecule has 0 saturated carbocycles. The van der Waals surface area contributed by atoms with Crippen molar-refractivity contribution in [3.8, 4) is 16.8 Å². The molecule has 8 aromatic rings. The van der Waals surface area contributed by atoms with Gasteiger partial charge in [-0.15, -0.1) is 0 Å². The summed E-state index contributed by atoms with van der Waals surface area (Å²) in [5, 5.41) is 6.22. The summed E-state index contributed by atoms with van der Waals surface area (Å²) < 4.78 is 2.44. The van der Waals surface area contributed by atoms with Gasteiger partial charge in [0, 0.05) is 44.3 Å². The fourth-order valence-corrected chi connectivity index (χ4v) is 8.12. The van der Waals surface area contributed by atoms with Crippen LogP contribution >= 0.6 is 0 Å². The van der Waals surface area contributed by atoms with Gasteiger partial charge in [-0.05, 0) is 78.1 Å². The van der Waals surface area contributed by atoms with Crippen LogP contribution in [0.4, 0.5) is 11.4 Å². The predicted octanol–water partition coefficient (Wildman–Crippen LogP) is 13.4. The van der Waals surface area contributed by atoms with E-state index in [2.05, 4.69) is 133 Å². The summed E-state index contributed by atoms with van der Waals surface area (Å²) in [7, 11) is 0. The molecule has 290 valence electrons. The van der Waals surface area contributed by atoms with Crippen LogP contribution in [0.3, 0.4) is 0 Å². The molecule has 1 aromatic heterocycles. The van der Waals surface area contributed by atoms with Gasteiger partial charge in [-0.2, -0.15) is 0 Å². The van der Waals surface area contributed by atoms with E-state index in [1.807, 2.05) is 92.7 Å². The Morgan fingerprint density at radius 1 is 0.695 bits per heavy atom. The number of benzene rings is 7. The van der Waals surface area contributed by atoms with Crippen LogP contribution in [0.1, 0.15) is 61.1 Å². The van der Waals surface area contributed by atoms with Gasteiger partial charge >= 0.3 is 0 Å². The van der Waals surface area contributed by atoms with E-state index in [9.17, 15) is 0 Å². The van der Waals surface area contributed by atoms with Crippen LogP contribution in [0.15, 0.2) is 193 Å². The molecular weight excluding hydrogens is 719 g/mol. The number of aliphatic imine (C=N–C) groups is 2. The quantitative estimate of drug-likeness (QED) is 0.0963. The Morgan fingerprint density at radius 3 is 2.08 bits per heavy atom. The van der Waals surface area contributed by atoms with Crippen molar-refractivity contribution in [3.63, 3.8) is 0 Å². The molecule has 0 saturated heterocycles. The summed E-state index contributed by atoms with van der Waals surface area (Å²) in [6, 6.07) is 56.9. The second-order valence-corrected chi connectivity index (χ2v) is 15.3. The fraction of sp³-hybridized carbons (Fsp3) is 0.111. The van der Waals surface area contributed by atoms with Crippen molar-refractivity contribution in [3.05, 3.63) is 216 Å². The van der Waals surface area contributed by atoms with Gasteiger partial charge in [0.2, 0.25) is 0 Å². The molecular formula is C54H49N5. The lowest BCUT2D eigenvalue weighted by Gasteiger charge is -2.37. The highest BCUT2D eigenvalue weighted by Crippen LogP contribution is 2.52. The summed E-state index contributed by atoms with van der Waals surface area (Å²) in [6.07, 6.45) is 5.97. The van der Waals surface area contributed by atoms with Crippen molar-refractivity contribution in [2.24, 2.45) is 15.7 Å². The maximum absolute atomic E-state index is 6.78. The largest absolute Gasteiger partial charge is 0.383 e. The van der Waals surface area contributed by atoms with Gasteiger partial charge in [-0.25, -0.2) is 4.99 Å². The maximum atomic E-state index is 6.78. The molecule has 2 heterocycles. The third-order valence-electron chi connectivity index (χ3n) is 11.1. The van der Waals surface area contributed by atoms with Crippen LogP contribution in [-0.4, -0.2) is 16.2 Å². The van der Waals surface area contributed by atoms with E-state index >= 15 is 0 Å². The second kappa shape index (κ2) is 16.7. The van der Waals surface area contributed by atoms with Crippen LogP contribution < -0.4 is 11.1 Å². The molecule has 1 aliphatic heterocycles. The summed E-state index contributed by atoms with van der Waals surface area (Å²) in [5.74, 6) is 1.01. The molecule has 9 rings (SSSR count). The van der Waals surface area contributed by atoms with Crippen molar-refractivity contribution >= 4 is 50.9 Å². The summed E-state index contributed by atoms with van der Waals surface area (Å²) in [4.78, 5) is 9.81. The summed E-state index contributed by atoms with van der Waals surface area (Å²) in [6.45, 7) is 13.4. The number of para-hydroxylation sites is 2. The molecule has 0 unspecified atom stereocenters. The van der Waals surface area contributed by atoms with Crippen LogP contribution in [-0.2, 0) is 12.0 Å². The highest BCUT2D eigenvalue weighted by Gasteiger charge is 2.37. The van der Waals surface area contributed by atoms with Crippen molar-refractivity contribution < 1.29 is 0 Å². The van der Waals surface area contributed by atoms with Gasteiger partial charge in [0.05, 0.1) is 23.3 Å². The first-order valence-corrected chi connectivity index (χ1v) is 20.2. The smallest absolute Gasteiger partial charge is 0.157 e. The lowest BCUT2D eigenvalue weighted by molar-refractivity contribution is 0.642. The molecule has 0 aliphatic carbocycles. The van der Waals surface area contributed by atoms with E-state index in [0.29, 0.717) is 18.2 Å². The van der Waals surface area contributed by atoms with Crippen LogP contribution in [0.5, 0.6) is 0 Å². The first kappa shape index (κ1) is 38.6. The Labute approximate surface area is 347 Å². The van der Waals surface area contributed by atoms with Gasteiger partial charge < -0.3 is 15.6 Å². The fourth-order valence-electron chi connectivity index (χ4n) is 8.12. The molecule has 0 fully saturated rings. The van der Waals surface area contributed by atoms with Gasteiger partial charge in [-0.3, -0.25) is 4.99 Å².